The van der Waals surface area contributed by atoms with E-state index in [2.05, 4.69) is 9.88 Å². The minimum absolute atomic E-state index is 0.0748. The Labute approximate surface area is 170 Å². The van der Waals surface area contributed by atoms with Gasteiger partial charge in [-0.3, -0.25) is 19.5 Å². The Kier molecular flexibility index (Phi) is 5.34. The summed E-state index contributed by atoms with van der Waals surface area (Å²) in [5.74, 6) is 0.287. The summed E-state index contributed by atoms with van der Waals surface area (Å²) in [6.45, 7) is 5.79. The molecule has 1 aromatic heterocycles. The first-order valence-electron chi connectivity index (χ1n) is 10.1. The number of imide groups is 1. The van der Waals surface area contributed by atoms with E-state index >= 15 is 0 Å². The third-order valence-electron chi connectivity index (χ3n) is 5.17. The van der Waals surface area contributed by atoms with Crippen molar-refractivity contribution in [2.45, 2.75) is 39.3 Å². The van der Waals surface area contributed by atoms with Gasteiger partial charge in [0.2, 0.25) is 0 Å². The standard InChI is InChI=1S/C23H25N3O3/c1-16(2)29-19-7-5-18(6-8-19)20-21(25-13-3-4-14-25)23(28)26(22(20)27)15-17-9-11-24-12-10-17/h5-12,16H,3-4,13-15H2,1-2H3. The van der Waals surface area contributed by atoms with E-state index in [9.17, 15) is 9.59 Å². The molecule has 6 nitrogen and oxygen atoms in total. The molecule has 0 bridgehead atoms. The maximum absolute atomic E-state index is 13.3. The molecular formula is C23H25N3O3. The summed E-state index contributed by atoms with van der Waals surface area (Å²) in [6.07, 6.45) is 5.48. The Hall–Kier alpha value is -3.15. The summed E-state index contributed by atoms with van der Waals surface area (Å²) in [4.78, 5) is 34.0. The Morgan fingerprint density at radius 1 is 0.966 bits per heavy atom. The molecule has 0 aliphatic carbocycles. The van der Waals surface area contributed by atoms with E-state index in [0.29, 0.717) is 11.3 Å². The summed E-state index contributed by atoms with van der Waals surface area (Å²) in [5.41, 5.74) is 2.64. The molecule has 6 heteroatoms. The van der Waals surface area contributed by atoms with Crippen molar-refractivity contribution in [3.8, 4) is 5.75 Å². The van der Waals surface area contributed by atoms with Gasteiger partial charge in [0, 0.05) is 25.5 Å². The van der Waals surface area contributed by atoms with Gasteiger partial charge >= 0.3 is 0 Å². The van der Waals surface area contributed by atoms with Crippen LogP contribution in [-0.4, -0.2) is 45.8 Å². The minimum atomic E-state index is -0.244. The van der Waals surface area contributed by atoms with E-state index in [1.54, 1.807) is 12.4 Å². The highest BCUT2D eigenvalue weighted by Gasteiger charge is 2.42. The van der Waals surface area contributed by atoms with Crippen LogP contribution in [0.1, 0.15) is 37.8 Å². The number of hydrogen-bond donors (Lipinski definition) is 0. The third-order valence-corrected chi connectivity index (χ3v) is 5.17. The zero-order valence-corrected chi connectivity index (χ0v) is 16.8. The molecule has 2 aliphatic rings. The molecule has 0 radical (unpaired) electrons. The number of aromatic nitrogens is 1. The molecule has 3 heterocycles. The Morgan fingerprint density at radius 3 is 2.24 bits per heavy atom. The van der Waals surface area contributed by atoms with Gasteiger partial charge in [0.15, 0.2) is 0 Å². The molecule has 1 saturated heterocycles. The van der Waals surface area contributed by atoms with Crippen molar-refractivity contribution in [1.82, 2.24) is 14.8 Å². The second-order valence-corrected chi connectivity index (χ2v) is 7.66. The van der Waals surface area contributed by atoms with Gasteiger partial charge in [0.25, 0.3) is 11.8 Å². The highest BCUT2D eigenvalue weighted by molar-refractivity contribution is 6.35. The molecule has 0 unspecified atom stereocenters. The van der Waals surface area contributed by atoms with Crippen LogP contribution in [0.3, 0.4) is 0 Å². The molecule has 0 spiro atoms. The SMILES string of the molecule is CC(C)Oc1ccc(C2=C(N3CCCC3)C(=O)N(Cc3ccncc3)C2=O)cc1. The molecule has 2 aliphatic heterocycles. The summed E-state index contributed by atoms with van der Waals surface area (Å²) in [7, 11) is 0. The first-order valence-corrected chi connectivity index (χ1v) is 10.1. The summed E-state index contributed by atoms with van der Waals surface area (Å²) in [6, 6.07) is 11.1. The van der Waals surface area contributed by atoms with E-state index in [4.69, 9.17) is 4.74 Å². The molecule has 1 aromatic carbocycles. The van der Waals surface area contributed by atoms with Crippen LogP contribution in [0, 0.1) is 0 Å². The molecule has 150 valence electrons. The third kappa shape index (κ3) is 3.88. The van der Waals surface area contributed by atoms with Crippen molar-refractivity contribution in [1.29, 1.82) is 0 Å². The predicted octanol–water partition coefficient (Wildman–Crippen LogP) is 3.24. The number of pyridine rings is 1. The van der Waals surface area contributed by atoms with Gasteiger partial charge in [-0.25, -0.2) is 0 Å². The lowest BCUT2D eigenvalue weighted by Crippen LogP contribution is -2.34. The molecular weight excluding hydrogens is 366 g/mol. The molecule has 0 N–H and O–H groups in total. The van der Waals surface area contributed by atoms with Crippen LogP contribution in [0.25, 0.3) is 5.57 Å². The zero-order chi connectivity index (χ0) is 20.4. The number of nitrogens with zero attached hydrogens (tertiary/aromatic N) is 3. The highest BCUT2D eigenvalue weighted by Crippen LogP contribution is 2.34. The van der Waals surface area contributed by atoms with Crippen molar-refractivity contribution in [3.05, 3.63) is 65.6 Å². The molecule has 2 aromatic rings. The fourth-order valence-corrected chi connectivity index (χ4v) is 3.84. The number of hydrogen-bond acceptors (Lipinski definition) is 5. The predicted molar refractivity (Wildman–Crippen MR) is 110 cm³/mol. The van der Waals surface area contributed by atoms with Gasteiger partial charge in [-0.15, -0.1) is 0 Å². The summed E-state index contributed by atoms with van der Waals surface area (Å²) >= 11 is 0. The molecule has 1 fully saturated rings. The van der Waals surface area contributed by atoms with Crippen molar-refractivity contribution < 1.29 is 14.3 Å². The first-order chi connectivity index (χ1) is 14.0. The van der Waals surface area contributed by atoms with Crippen molar-refractivity contribution in [3.63, 3.8) is 0 Å². The minimum Gasteiger partial charge on any atom is -0.491 e. The van der Waals surface area contributed by atoms with E-state index in [1.165, 1.54) is 4.90 Å². The van der Waals surface area contributed by atoms with Crippen molar-refractivity contribution >= 4 is 17.4 Å². The van der Waals surface area contributed by atoms with Crippen LogP contribution >= 0.6 is 0 Å². The Morgan fingerprint density at radius 2 is 1.62 bits per heavy atom. The number of amides is 2. The van der Waals surface area contributed by atoms with Crippen LogP contribution in [0.2, 0.25) is 0 Å². The first kappa shape index (κ1) is 19.2. The van der Waals surface area contributed by atoms with Crippen molar-refractivity contribution in [2.75, 3.05) is 13.1 Å². The van der Waals surface area contributed by atoms with Crippen LogP contribution in [0.15, 0.2) is 54.5 Å². The van der Waals surface area contributed by atoms with Crippen LogP contribution in [0.5, 0.6) is 5.75 Å². The van der Waals surface area contributed by atoms with Gasteiger partial charge in [-0.2, -0.15) is 0 Å². The molecule has 4 rings (SSSR count). The molecule has 29 heavy (non-hydrogen) atoms. The largest absolute Gasteiger partial charge is 0.491 e. The summed E-state index contributed by atoms with van der Waals surface area (Å²) in [5, 5.41) is 0. The van der Waals surface area contributed by atoms with Crippen LogP contribution in [-0.2, 0) is 16.1 Å². The van der Waals surface area contributed by atoms with E-state index < -0.39 is 0 Å². The zero-order valence-electron chi connectivity index (χ0n) is 16.8. The van der Waals surface area contributed by atoms with Gasteiger partial charge in [0.1, 0.15) is 11.4 Å². The van der Waals surface area contributed by atoms with Gasteiger partial charge in [0.05, 0.1) is 18.2 Å². The number of rotatable bonds is 6. The Balaban J connectivity index is 1.69. The number of carbonyl (C=O) groups excluding carboxylic acids is 2. The Bertz CT molecular complexity index is 930. The van der Waals surface area contributed by atoms with E-state index in [1.807, 2.05) is 50.2 Å². The van der Waals surface area contributed by atoms with Gasteiger partial charge in [-0.1, -0.05) is 12.1 Å². The number of ether oxygens (including phenoxy) is 1. The topological polar surface area (TPSA) is 62.7 Å². The van der Waals surface area contributed by atoms with Crippen LogP contribution in [0.4, 0.5) is 0 Å². The van der Waals surface area contributed by atoms with Crippen LogP contribution < -0.4 is 4.74 Å². The molecule has 0 saturated carbocycles. The molecule has 0 atom stereocenters. The fraction of sp³-hybridized carbons (Fsp3) is 0.348. The number of benzene rings is 1. The normalized spacial score (nSPS) is 17.1. The second-order valence-electron chi connectivity index (χ2n) is 7.66. The lowest BCUT2D eigenvalue weighted by atomic mass is 10.0. The average molecular weight is 391 g/mol. The smallest absolute Gasteiger partial charge is 0.278 e. The van der Waals surface area contributed by atoms with Gasteiger partial charge in [-0.05, 0) is 62.1 Å². The quantitative estimate of drug-likeness (QED) is 0.708. The van der Waals surface area contributed by atoms with Crippen molar-refractivity contribution in [2.24, 2.45) is 0 Å². The van der Waals surface area contributed by atoms with Gasteiger partial charge < -0.3 is 9.64 Å². The summed E-state index contributed by atoms with van der Waals surface area (Å²) < 4.78 is 5.71. The monoisotopic (exact) mass is 391 g/mol. The average Bonchev–Trinajstić information content (AvgIpc) is 3.32. The van der Waals surface area contributed by atoms with E-state index in [0.717, 1.165) is 42.8 Å². The maximum atomic E-state index is 13.3. The van der Waals surface area contributed by atoms with E-state index in [-0.39, 0.29) is 24.5 Å². The second kappa shape index (κ2) is 8.07. The number of likely N-dealkylation sites (tertiary alicyclic amines) is 1. The highest BCUT2D eigenvalue weighted by atomic mass is 16.5. The lowest BCUT2D eigenvalue weighted by molar-refractivity contribution is -0.138. The fourth-order valence-electron chi connectivity index (χ4n) is 3.84. The number of carbonyl (C=O) groups is 2. The lowest BCUT2D eigenvalue weighted by Gasteiger charge is -2.20. The molecule has 2 amide bonds. The maximum Gasteiger partial charge on any atom is 0.278 e.